The zero-order valence-electron chi connectivity index (χ0n) is 15.5. The van der Waals surface area contributed by atoms with E-state index in [0.29, 0.717) is 11.6 Å². The quantitative estimate of drug-likeness (QED) is 0.691. The van der Waals surface area contributed by atoms with Crippen molar-refractivity contribution in [3.63, 3.8) is 0 Å². The van der Waals surface area contributed by atoms with Crippen LogP contribution < -0.4 is 10.0 Å². The topological polar surface area (TPSA) is 95.6 Å². The van der Waals surface area contributed by atoms with Gasteiger partial charge >= 0.3 is 0 Å². The number of hydrogen-bond acceptors (Lipinski definition) is 4. The summed E-state index contributed by atoms with van der Waals surface area (Å²) in [6.45, 7) is 7.58. The van der Waals surface area contributed by atoms with E-state index in [1.165, 1.54) is 29.2 Å². The van der Waals surface area contributed by atoms with E-state index in [1.807, 2.05) is 20.8 Å². The molecule has 2 amide bonds. The zero-order chi connectivity index (χ0) is 20.0. The molecule has 1 aromatic carbocycles. The van der Waals surface area contributed by atoms with Crippen molar-refractivity contribution in [2.24, 2.45) is 0 Å². The number of sulfonamides is 1. The largest absolute Gasteiger partial charge is 0.350 e. The van der Waals surface area contributed by atoms with E-state index in [1.54, 1.807) is 6.92 Å². The zero-order valence-corrected chi connectivity index (χ0v) is 17.1. The molecule has 146 valence electrons. The van der Waals surface area contributed by atoms with Crippen LogP contribution in [0.15, 0.2) is 29.2 Å². The highest BCUT2D eigenvalue weighted by Crippen LogP contribution is 2.13. The molecule has 9 heteroatoms. The molecule has 0 heterocycles. The average molecular weight is 404 g/mol. The maximum Gasteiger partial charge on any atom is 0.240 e. The van der Waals surface area contributed by atoms with Gasteiger partial charge in [0, 0.05) is 30.1 Å². The molecule has 0 bridgehead atoms. The summed E-state index contributed by atoms with van der Waals surface area (Å²) >= 11 is 5.74. The fourth-order valence-electron chi connectivity index (χ4n) is 2.15. The molecule has 1 aromatic rings. The minimum absolute atomic E-state index is 0.0382. The van der Waals surface area contributed by atoms with Crippen LogP contribution in [0.25, 0.3) is 0 Å². The van der Waals surface area contributed by atoms with Crippen LogP contribution in [0, 0.1) is 0 Å². The molecule has 0 spiro atoms. The molecule has 2 N–H and O–H groups in total. The molecule has 0 aliphatic rings. The number of carbonyl (C=O) groups is 2. The number of carbonyl (C=O) groups excluding carboxylic acids is 2. The van der Waals surface area contributed by atoms with E-state index >= 15 is 0 Å². The van der Waals surface area contributed by atoms with E-state index in [-0.39, 0.29) is 41.8 Å². The van der Waals surface area contributed by atoms with Gasteiger partial charge in [0.1, 0.15) is 0 Å². The van der Waals surface area contributed by atoms with Crippen molar-refractivity contribution in [3.05, 3.63) is 29.3 Å². The van der Waals surface area contributed by atoms with Crippen LogP contribution in [0.2, 0.25) is 5.02 Å². The summed E-state index contributed by atoms with van der Waals surface area (Å²) in [7, 11) is -3.71. The number of likely N-dealkylation sites (N-methyl/N-ethyl adjacent to an activating group) is 1. The fourth-order valence-corrected chi connectivity index (χ4v) is 3.31. The first-order valence-electron chi connectivity index (χ1n) is 8.28. The van der Waals surface area contributed by atoms with Gasteiger partial charge < -0.3 is 10.2 Å². The standard InChI is InChI=1S/C17H26ClN3O4S/c1-5-21(12-15(22)20-17(2,3)4)16(23)10-11-19-26(24,25)14-8-6-13(18)7-9-14/h6-9,19H,5,10-12H2,1-4H3,(H,20,22). The summed E-state index contributed by atoms with van der Waals surface area (Å²) in [6.07, 6.45) is -0.0382. The van der Waals surface area contributed by atoms with E-state index in [2.05, 4.69) is 10.0 Å². The second-order valence-corrected chi connectivity index (χ2v) is 9.01. The first-order chi connectivity index (χ1) is 11.9. The molecule has 0 radical (unpaired) electrons. The number of benzene rings is 1. The Bertz CT molecular complexity index is 727. The first-order valence-corrected chi connectivity index (χ1v) is 10.1. The van der Waals surface area contributed by atoms with Crippen LogP contribution in [0.4, 0.5) is 0 Å². The van der Waals surface area contributed by atoms with Crippen molar-refractivity contribution in [1.29, 1.82) is 0 Å². The number of amides is 2. The van der Waals surface area contributed by atoms with Crippen molar-refractivity contribution in [2.75, 3.05) is 19.6 Å². The van der Waals surface area contributed by atoms with Gasteiger partial charge in [0.15, 0.2) is 0 Å². The molecule has 26 heavy (non-hydrogen) atoms. The summed E-state index contributed by atoms with van der Waals surface area (Å²) < 4.78 is 26.7. The highest BCUT2D eigenvalue weighted by Gasteiger charge is 2.20. The minimum atomic E-state index is -3.71. The Morgan fingerprint density at radius 3 is 2.23 bits per heavy atom. The number of hydrogen-bond donors (Lipinski definition) is 2. The van der Waals surface area contributed by atoms with Gasteiger partial charge in [0.05, 0.1) is 11.4 Å². The second-order valence-electron chi connectivity index (χ2n) is 6.81. The number of rotatable bonds is 8. The third-order valence-electron chi connectivity index (χ3n) is 3.34. The first kappa shape index (κ1) is 22.4. The lowest BCUT2D eigenvalue weighted by Crippen LogP contribution is -2.47. The van der Waals surface area contributed by atoms with Crippen LogP contribution >= 0.6 is 11.6 Å². The lowest BCUT2D eigenvalue weighted by molar-refractivity contribution is -0.136. The minimum Gasteiger partial charge on any atom is -0.350 e. The molecule has 0 aromatic heterocycles. The molecular formula is C17H26ClN3O4S. The summed E-state index contributed by atoms with van der Waals surface area (Å²) in [5.74, 6) is -0.551. The summed E-state index contributed by atoms with van der Waals surface area (Å²) in [5.41, 5.74) is -0.381. The van der Waals surface area contributed by atoms with Crippen LogP contribution in [0.3, 0.4) is 0 Å². The normalized spacial score (nSPS) is 11.9. The Morgan fingerprint density at radius 2 is 1.73 bits per heavy atom. The molecule has 0 saturated carbocycles. The molecule has 0 aliphatic carbocycles. The molecule has 1 rings (SSSR count). The Balaban J connectivity index is 2.55. The Kier molecular flexibility index (Phi) is 8.05. The van der Waals surface area contributed by atoms with Crippen molar-refractivity contribution in [2.45, 2.75) is 44.6 Å². The van der Waals surface area contributed by atoms with Crippen LogP contribution in [0.1, 0.15) is 34.1 Å². The van der Waals surface area contributed by atoms with Crippen LogP contribution in [0.5, 0.6) is 0 Å². The smallest absolute Gasteiger partial charge is 0.240 e. The van der Waals surface area contributed by atoms with Crippen molar-refractivity contribution in [3.8, 4) is 0 Å². The van der Waals surface area contributed by atoms with Crippen molar-refractivity contribution >= 4 is 33.4 Å². The second kappa shape index (κ2) is 9.34. The Labute approximate surface area is 160 Å². The van der Waals surface area contributed by atoms with E-state index in [0.717, 1.165) is 0 Å². The number of nitrogens with one attached hydrogen (secondary N) is 2. The van der Waals surface area contributed by atoms with Crippen molar-refractivity contribution < 1.29 is 18.0 Å². The van der Waals surface area contributed by atoms with E-state index in [4.69, 9.17) is 11.6 Å². The molecule has 0 saturated heterocycles. The highest BCUT2D eigenvalue weighted by atomic mass is 35.5. The van der Waals surface area contributed by atoms with Gasteiger partial charge in [-0.2, -0.15) is 0 Å². The molecule has 0 fully saturated rings. The fraction of sp³-hybridized carbons (Fsp3) is 0.529. The van der Waals surface area contributed by atoms with Crippen LogP contribution in [-0.4, -0.2) is 50.3 Å². The molecule has 0 atom stereocenters. The van der Waals surface area contributed by atoms with E-state index < -0.39 is 10.0 Å². The van der Waals surface area contributed by atoms with Gasteiger partial charge in [-0.05, 0) is 52.0 Å². The molecule has 0 aliphatic heterocycles. The maximum absolute atomic E-state index is 12.2. The van der Waals surface area contributed by atoms with E-state index in [9.17, 15) is 18.0 Å². The number of nitrogens with zero attached hydrogens (tertiary/aromatic N) is 1. The van der Waals surface area contributed by atoms with Gasteiger partial charge in [0.2, 0.25) is 21.8 Å². The maximum atomic E-state index is 12.2. The van der Waals surface area contributed by atoms with Gasteiger partial charge in [-0.1, -0.05) is 11.6 Å². The van der Waals surface area contributed by atoms with Gasteiger partial charge in [-0.25, -0.2) is 13.1 Å². The average Bonchev–Trinajstić information content (AvgIpc) is 2.51. The predicted molar refractivity (Wildman–Crippen MR) is 101 cm³/mol. The third kappa shape index (κ3) is 7.72. The lowest BCUT2D eigenvalue weighted by Gasteiger charge is -2.25. The summed E-state index contributed by atoms with van der Waals surface area (Å²) in [6, 6.07) is 5.74. The number of halogens is 1. The Morgan fingerprint density at radius 1 is 1.15 bits per heavy atom. The monoisotopic (exact) mass is 403 g/mol. The van der Waals surface area contributed by atoms with Crippen molar-refractivity contribution in [1.82, 2.24) is 14.9 Å². The predicted octanol–water partition coefficient (Wildman–Crippen LogP) is 1.77. The van der Waals surface area contributed by atoms with Gasteiger partial charge in [0.25, 0.3) is 0 Å². The third-order valence-corrected chi connectivity index (χ3v) is 5.07. The highest BCUT2D eigenvalue weighted by molar-refractivity contribution is 7.89. The van der Waals surface area contributed by atoms with Gasteiger partial charge in [-0.15, -0.1) is 0 Å². The molecule has 7 nitrogen and oxygen atoms in total. The summed E-state index contributed by atoms with van der Waals surface area (Å²) in [4.78, 5) is 25.6. The SMILES string of the molecule is CCN(CC(=O)NC(C)(C)C)C(=O)CCNS(=O)(=O)c1ccc(Cl)cc1. The van der Waals surface area contributed by atoms with Gasteiger partial charge in [-0.3, -0.25) is 9.59 Å². The molecular weight excluding hydrogens is 378 g/mol. The lowest BCUT2D eigenvalue weighted by atomic mass is 10.1. The summed E-state index contributed by atoms with van der Waals surface area (Å²) in [5, 5.41) is 3.23. The Hall–Kier alpha value is -1.64. The van der Waals surface area contributed by atoms with Crippen LogP contribution in [-0.2, 0) is 19.6 Å². The molecule has 0 unspecified atom stereocenters.